The fraction of sp³-hybridized carbons (Fsp3) is 0.423. The number of rotatable bonds is 4. The highest BCUT2D eigenvalue weighted by atomic mass is 35.5. The van der Waals surface area contributed by atoms with Crippen molar-refractivity contribution in [2.24, 2.45) is 11.8 Å². The quantitative estimate of drug-likeness (QED) is 0.399. The molecule has 2 heterocycles. The van der Waals surface area contributed by atoms with Crippen LogP contribution in [0.2, 0.25) is 10.0 Å². The standard InChI is InChI=1S/C26H29Cl2N3O3S/c1-34-25(33)19-3-2-4-23(15-19)29-26(35)31-11-7-18(8-12-31)17-5-9-30(10-6-17)24(32)20-13-21(27)16-22(28)14-20/h2-4,13-18H,5-12H2,1H3,(H,29,35). The Balaban J connectivity index is 1.25. The molecule has 6 nitrogen and oxygen atoms in total. The summed E-state index contributed by atoms with van der Waals surface area (Å²) in [5.74, 6) is 0.872. The van der Waals surface area contributed by atoms with E-state index in [1.54, 1.807) is 30.3 Å². The molecule has 35 heavy (non-hydrogen) atoms. The number of benzene rings is 2. The number of amides is 1. The maximum Gasteiger partial charge on any atom is 0.337 e. The van der Waals surface area contributed by atoms with Crippen LogP contribution in [0.3, 0.4) is 0 Å². The SMILES string of the molecule is COC(=O)c1cccc(NC(=S)N2CCC(C3CCN(C(=O)c4cc(Cl)cc(Cl)c4)CC3)CC2)c1. The zero-order valence-corrected chi connectivity index (χ0v) is 22.0. The summed E-state index contributed by atoms with van der Waals surface area (Å²) in [5, 5.41) is 4.88. The monoisotopic (exact) mass is 533 g/mol. The fourth-order valence-electron chi connectivity index (χ4n) is 5.05. The fourth-order valence-corrected chi connectivity index (χ4v) is 5.88. The van der Waals surface area contributed by atoms with Crippen molar-refractivity contribution in [3.8, 4) is 0 Å². The number of thiocarbonyl (C=S) groups is 1. The number of halogens is 2. The molecule has 2 aliphatic heterocycles. The van der Waals surface area contributed by atoms with Gasteiger partial charge in [0.25, 0.3) is 5.91 Å². The summed E-state index contributed by atoms with van der Waals surface area (Å²) in [4.78, 5) is 28.8. The number of esters is 1. The molecule has 0 spiro atoms. The van der Waals surface area contributed by atoms with Crippen molar-refractivity contribution in [2.45, 2.75) is 25.7 Å². The van der Waals surface area contributed by atoms with Crippen LogP contribution in [0, 0.1) is 11.8 Å². The van der Waals surface area contributed by atoms with Gasteiger partial charge in [-0.2, -0.15) is 0 Å². The Kier molecular flexibility index (Phi) is 8.52. The predicted molar refractivity (Wildman–Crippen MR) is 143 cm³/mol. The third-order valence-corrected chi connectivity index (χ3v) is 7.76. The minimum Gasteiger partial charge on any atom is -0.465 e. The second kappa shape index (κ2) is 11.6. The molecule has 0 aromatic heterocycles. The van der Waals surface area contributed by atoms with Crippen molar-refractivity contribution < 1.29 is 14.3 Å². The molecule has 2 aromatic carbocycles. The molecule has 1 amide bonds. The minimum absolute atomic E-state index is 0.00430. The average Bonchev–Trinajstić information content (AvgIpc) is 2.87. The van der Waals surface area contributed by atoms with Crippen LogP contribution in [0.1, 0.15) is 46.4 Å². The first-order valence-corrected chi connectivity index (χ1v) is 13.0. The Hall–Kier alpha value is -2.35. The van der Waals surface area contributed by atoms with Gasteiger partial charge in [-0.05, 0) is 86.1 Å². The highest BCUT2D eigenvalue weighted by Gasteiger charge is 2.31. The number of hydrogen-bond acceptors (Lipinski definition) is 4. The van der Waals surface area contributed by atoms with E-state index >= 15 is 0 Å². The molecule has 0 atom stereocenters. The number of piperidine rings is 2. The van der Waals surface area contributed by atoms with Crippen molar-refractivity contribution in [1.82, 2.24) is 9.80 Å². The lowest BCUT2D eigenvalue weighted by molar-refractivity contribution is 0.0599. The molecule has 4 rings (SSSR count). The smallest absolute Gasteiger partial charge is 0.337 e. The molecule has 2 fully saturated rings. The number of carbonyl (C=O) groups is 2. The first kappa shape index (κ1) is 25.7. The molecule has 2 saturated heterocycles. The number of carbonyl (C=O) groups excluding carboxylic acids is 2. The van der Waals surface area contributed by atoms with Gasteiger partial charge < -0.3 is 19.9 Å². The first-order chi connectivity index (χ1) is 16.8. The zero-order valence-electron chi connectivity index (χ0n) is 19.6. The molecule has 2 aliphatic rings. The van der Waals surface area contributed by atoms with Gasteiger partial charge in [0.1, 0.15) is 0 Å². The van der Waals surface area contributed by atoms with Gasteiger partial charge in [0.05, 0.1) is 12.7 Å². The Morgan fingerprint density at radius 2 is 1.46 bits per heavy atom. The van der Waals surface area contributed by atoms with Gasteiger partial charge in [0, 0.05) is 47.5 Å². The number of hydrogen-bond donors (Lipinski definition) is 1. The molecular weight excluding hydrogens is 505 g/mol. The third-order valence-electron chi connectivity index (χ3n) is 6.96. The number of nitrogens with one attached hydrogen (secondary N) is 1. The van der Waals surface area contributed by atoms with Crippen LogP contribution in [0.5, 0.6) is 0 Å². The number of likely N-dealkylation sites (tertiary alicyclic amines) is 2. The van der Waals surface area contributed by atoms with E-state index in [1.807, 2.05) is 17.0 Å². The highest BCUT2D eigenvalue weighted by molar-refractivity contribution is 7.80. The van der Waals surface area contributed by atoms with E-state index in [9.17, 15) is 9.59 Å². The van der Waals surface area contributed by atoms with Crippen LogP contribution in [-0.2, 0) is 4.74 Å². The van der Waals surface area contributed by atoms with Crippen LogP contribution >= 0.6 is 35.4 Å². The van der Waals surface area contributed by atoms with E-state index in [1.165, 1.54) is 7.11 Å². The van der Waals surface area contributed by atoms with Crippen molar-refractivity contribution in [3.05, 3.63) is 63.6 Å². The number of nitrogens with zero attached hydrogens (tertiary/aromatic N) is 2. The van der Waals surface area contributed by atoms with Crippen LogP contribution in [0.25, 0.3) is 0 Å². The summed E-state index contributed by atoms with van der Waals surface area (Å²) in [5.41, 5.74) is 1.81. The Morgan fingerprint density at radius 3 is 2.03 bits per heavy atom. The van der Waals surface area contributed by atoms with Crippen molar-refractivity contribution in [2.75, 3.05) is 38.6 Å². The van der Waals surface area contributed by atoms with E-state index in [0.717, 1.165) is 57.5 Å². The highest BCUT2D eigenvalue weighted by Crippen LogP contribution is 2.33. The van der Waals surface area contributed by atoms with E-state index in [-0.39, 0.29) is 11.9 Å². The zero-order chi connectivity index (χ0) is 24.9. The van der Waals surface area contributed by atoms with Crippen LogP contribution in [0.15, 0.2) is 42.5 Å². The van der Waals surface area contributed by atoms with E-state index in [2.05, 4.69) is 10.2 Å². The van der Waals surface area contributed by atoms with Gasteiger partial charge in [-0.25, -0.2) is 4.79 Å². The number of ether oxygens (including phenoxy) is 1. The number of anilines is 1. The Bertz CT molecular complexity index is 1080. The van der Waals surface area contributed by atoms with Gasteiger partial charge in [0.15, 0.2) is 5.11 Å². The molecule has 0 unspecified atom stereocenters. The molecule has 9 heteroatoms. The second-order valence-corrected chi connectivity index (χ2v) is 10.4. The average molecular weight is 535 g/mol. The van der Waals surface area contributed by atoms with Crippen molar-refractivity contribution in [1.29, 1.82) is 0 Å². The molecule has 0 radical (unpaired) electrons. The molecule has 1 N–H and O–H groups in total. The molecule has 2 aromatic rings. The molecule has 0 bridgehead atoms. The maximum absolute atomic E-state index is 12.9. The van der Waals surface area contributed by atoms with Gasteiger partial charge in [-0.1, -0.05) is 29.3 Å². The van der Waals surface area contributed by atoms with E-state index < -0.39 is 0 Å². The summed E-state index contributed by atoms with van der Waals surface area (Å²) in [6.45, 7) is 3.30. The van der Waals surface area contributed by atoms with Crippen molar-refractivity contribution in [3.63, 3.8) is 0 Å². The van der Waals surface area contributed by atoms with Gasteiger partial charge in [-0.15, -0.1) is 0 Å². The topological polar surface area (TPSA) is 61.9 Å². The third kappa shape index (κ3) is 6.46. The van der Waals surface area contributed by atoms with Crippen LogP contribution in [0.4, 0.5) is 5.69 Å². The van der Waals surface area contributed by atoms with E-state index in [0.29, 0.717) is 38.1 Å². The summed E-state index contributed by atoms with van der Waals surface area (Å²) < 4.78 is 4.79. The van der Waals surface area contributed by atoms with Crippen molar-refractivity contribution >= 4 is 58.1 Å². The summed E-state index contributed by atoms with van der Waals surface area (Å²) in [7, 11) is 1.37. The van der Waals surface area contributed by atoms with Gasteiger partial charge in [-0.3, -0.25) is 4.79 Å². The van der Waals surface area contributed by atoms with Gasteiger partial charge >= 0.3 is 5.97 Å². The lowest BCUT2D eigenvalue weighted by Crippen LogP contribution is -2.45. The molecule has 0 saturated carbocycles. The minimum atomic E-state index is -0.371. The lowest BCUT2D eigenvalue weighted by Gasteiger charge is -2.41. The normalized spacial score (nSPS) is 17.2. The largest absolute Gasteiger partial charge is 0.465 e. The Labute approximate surface area is 221 Å². The molecular formula is C26H29Cl2N3O3S. The molecule has 0 aliphatic carbocycles. The Morgan fingerprint density at radius 1 is 0.886 bits per heavy atom. The number of methoxy groups -OCH3 is 1. The lowest BCUT2D eigenvalue weighted by atomic mass is 9.79. The summed E-state index contributed by atoms with van der Waals surface area (Å²) >= 11 is 17.8. The van der Waals surface area contributed by atoms with Crippen LogP contribution < -0.4 is 5.32 Å². The summed E-state index contributed by atoms with van der Waals surface area (Å²) in [6, 6.07) is 12.2. The first-order valence-electron chi connectivity index (χ1n) is 11.8. The van der Waals surface area contributed by atoms with E-state index in [4.69, 9.17) is 40.2 Å². The summed E-state index contributed by atoms with van der Waals surface area (Å²) in [6.07, 6.45) is 4.17. The molecule has 186 valence electrons. The predicted octanol–water partition coefficient (Wildman–Crippen LogP) is 5.74. The van der Waals surface area contributed by atoms with Crippen LogP contribution in [-0.4, -0.2) is 60.1 Å². The second-order valence-electron chi connectivity index (χ2n) is 9.11. The maximum atomic E-state index is 12.9. The van der Waals surface area contributed by atoms with Gasteiger partial charge in [0.2, 0.25) is 0 Å².